The van der Waals surface area contributed by atoms with Gasteiger partial charge in [0.15, 0.2) is 0 Å². The van der Waals surface area contributed by atoms with E-state index in [1.807, 2.05) is 0 Å². The minimum atomic E-state index is -1.13. The number of ether oxygens (including phenoxy) is 1. The molecule has 21 heavy (non-hydrogen) atoms. The fraction of sp³-hybridized carbons (Fsp3) is 0. The van der Waals surface area contributed by atoms with Gasteiger partial charge in [-0.3, -0.25) is 10.1 Å². The lowest BCUT2D eigenvalue weighted by Crippen LogP contribution is -1.98. The van der Waals surface area contributed by atoms with Gasteiger partial charge < -0.3 is 9.84 Å². The van der Waals surface area contributed by atoms with Crippen LogP contribution in [0.2, 0.25) is 0 Å². The smallest absolute Gasteiger partial charge is 0.335 e. The van der Waals surface area contributed by atoms with E-state index in [1.165, 1.54) is 18.2 Å². The van der Waals surface area contributed by atoms with Crippen LogP contribution in [0, 0.1) is 15.9 Å². The summed E-state index contributed by atoms with van der Waals surface area (Å²) in [5, 5.41) is 19.7. The minimum Gasteiger partial charge on any atom is -0.478 e. The molecular weight excluding hydrogens is 349 g/mol. The Labute approximate surface area is 126 Å². The van der Waals surface area contributed by atoms with E-state index in [4.69, 9.17) is 9.84 Å². The Morgan fingerprint density at radius 1 is 1.24 bits per heavy atom. The van der Waals surface area contributed by atoms with Gasteiger partial charge >= 0.3 is 11.7 Å². The molecule has 0 radical (unpaired) electrons. The molecule has 0 atom stereocenters. The summed E-state index contributed by atoms with van der Waals surface area (Å²) < 4.78 is 18.8. The molecule has 2 aromatic rings. The first kappa shape index (κ1) is 14.9. The van der Waals surface area contributed by atoms with Crippen molar-refractivity contribution in [2.75, 3.05) is 0 Å². The quantitative estimate of drug-likeness (QED) is 0.661. The van der Waals surface area contributed by atoms with Crippen LogP contribution in [0.1, 0.15) is 10.4 Å². The summed E-state index contributed by atoms with van der Waals surface area (Å²) in [6.07, 6.45) is 0. The van der Waals surface area contributed by atoms with Gasteiger partial charge in [-0.1, -0.05) is 0 Å². The molecule has 0 saturated heterocycles. The highest BCUT2D eigenvalue weighted by molar-refractivity contribution is 9.10. The second-order valence-electron chi connectivity index (χ2n) is 3.92. The number of halogens is 2. The average molecular weight is 356 g/mol. The minimum absolute atomic E-state index is 0.0166. The molecule has 0 amide bonds. The van der Waals surface area contributed by atoms with Gasteiger partial charge in [0.05, 0.1) is 15.0 Å². The lowest BCUT2D eigenvalue weighted by Gasteiger charge is -2.08. The molecule has 0 bridgehead atoms. The van der Waals surface area contributed by atoms with Crippen molar-refractivity contribution in [1.29, 1.82) is 0 Å². The number of nitro benzene ring substituents is 1. The Bertz CT molecular complexity index is 734. The SMILES string of the molecule is O=C(O)c1ccc(Oc2cc(F)ccc2[N+](=O)[O-])c(Br)c1. The Balaban J connectivity index is 2.40. The largest absolute Gasteiger partial charge is 0.478 e. The predicted molar refractivity (Wildman–Crippen MR) is 74.2 cm³/mol. The number of hydrogen-bond donors (Lipinski definition) is 1. The molecule has 0 spiro atoms. The molecule has 0 fully saturated rings. The summed E-state index contributed by atoms with van der Waals surface area (Å²) in [6, 6.07) is 6.70. The van der Waals surface area contributed by atoms with E-state index in [-0.39, 0.29) is 21.5 Å². The van der Waals surface area contributed by atoms with Gasteiger partial charge in [-0.2, -0.15) is 0 Å². The second kappa shape index (κ2) is 5.88. The highest BCUT2D eigenvalue weighted by atomic mass is 79.9. The van der Waals surface area contributed by atoms with Crippen molar-refractivity contribution in [3.63, 3.8) is 0 Å². The summed E-state index contributed by atoms with van der Waals surface area (Å²) in [7, 11) is 0. The van der Waals surface area contributed by atoms with Gasteiger partial charge in [0, 0.05) is 12.1 Å². The van der Waals surface area contributed by atoms with E-state index in [1.54, 1.807) is 0 Å². The van der Waals surface area contributed by atoms with Crippen molar-refractivity contribution in [2.24, 2.45) is 0 Å². The number of carboxylic acids is 1. The zero-order valence-corrected chi connectivity index (χ0v) is 11.8. The molecule has 0 saturated carbocycles. The summed E-state index contributed by atoms with van der Waals surface area (Å²) in [5.74, 6) is -1.95. The molecule has 8 heteroatoms. The van der Waals surface area contributed by atoms with Crippen molar-refractivity contribution in [1.82, 2.24) is 0 Å². The average Bonchev–Trinajstić information content (AvgIpc) is 2.40. The van der Waals surface area contributed by atoms with Crippen molar-refractivity contribution in [3.8, 4) is 11.5 Å². The van der Waals surface area contributed by atoms with Crippen LogP contribution in [0.3, 0.4) is 0 Å². The van der Waals surface area contributed by atoms with Crippen molar-refractivity contribution < 1.29 is 24.0 Å². The highest BCUT2D eigenvalue weighted by Crippen LogP contribution is 2.35. The highest BCUT2D eigenvalue weighted by Gasteiger charge is 2.18. The zero-order valence-electron chi connectivity index (χ0n) is 10.2. The fourth-order valence-corrected chi connectivity index (χ4v) is 2.02. The van der Waals surface area contributed by atoms with Crippen molar-refractivity contribution in [3.05, 3.63) is 62.4 Å². The number of aromatic carboxylic acids is 1. The first-order valence-electron chi connectivity index (χ1n) is 5.53. The van der Waals surface area contributed by atoms with Crippen LogP contribution in [-0.2, 0) is 0 Å². The molecule has 0 aliphatic carbocycles. The lowest BCUT2D eigenvalue weighted by molar-refractivity contribution is -0.385. The van der Waals surface area contributed by atoms with E-state index in [2.05, 4.69) is 15.9 Å². The zero-order chi connectivity index (χ0) is 15.6. The number of rotatable bonds is 4. The Morgan fingerprint density at radius 3 is 2.52 bits per heavy atom. The van der Waals surface area contributed by atoms with Gasteiger partial charge in [0.2, 0.25) is 5.75 Å². The molecule has 1 N–H and O–H groups in total. The van der Waals surface area contributed by atoms with Crippen molar-refractivity contribution in [2.45, 2.75) is 0 Å². The van der Waals surface area contributed by atoms with Crippen LogP contribution in [0.5, 0.6) is 11.5 Å². The first-order valence-corrected chi connectivity index (χ1v) is 6.32. The monoisotopic (exact) mass is 355 g/mol. The number of nitrogens with zero attached hydrogens (tertiary/aromatic N) is 1. The number of benzene rings is 2. The summed E-state index contributed by atoms with van der Waals surface area (Å²) >= 11 is 3.10. The third-order valence-electron chi connectivity index (χ3n) is 2.52. The normalized spacial score (nSPS) is 10.2. The maximum absolute atomic E-state index is 13.2. The molecule has 0 unspecified atom stereocenters. The Morgan fingerprint density at radius 2 is 1.95 bits per heavy atom. The van der Waals surface area contributed by atoms with E-state index >= 15 is 0 Å². The molecular formula is C13H7BrFNO5. The fourth-order valence-electron chi connectivity index (χ4n) is 1.56. The van der Waals surface area contributed by atoms with Gasteiger partial charge in [-0.15, -0.1) is 0 Å². The third-order valence-corrected chi connectivity index (χ3v) is 3.14. The standard InChI is InChI=1S/C13H7BrFNO5/c14-9-5-7(13(17)18)1-4-11(9)21-12-6-8(15)2-3-10(12)16(19)20/h1-6H,(H,17,18). The summed E-state index contributed by atoms with van der Waals surface area (Å²) in [6.45, 7) is 0. The molecule has 0 aliphatic heterocycles. The van der Waals surface area contributed by atoms with Gasteiger partial charge in [-0.05, 0) is 40.2 Å². The second-order valence-corrected chi connectivity index (χ2v) is 4.78. The van der Waals surface area contributed by atoms with Gasteiger partial charge in [0.1, 0.15) is 11.6 Å². The molecule has 0 aromatic heterocycles. The lowest BCUT2D eigenvalue weighted by atomic mass is 10.2. The first-order chi connectivity index (χ1) is 9.88. The number of nitro groups is 1. The van der Waals surface area contributed by atoms with Crippen LogP contribution in [0.25, 0.3) is 0 Å². The van der Waals surface area contributed by atoms with E-state index in [0.717, 1.165) is 18.2 Å². The summed E-state index contributed by atoms with van der Waals surface area (Å²) in [5.41, 5.74) is -0.381. The van der Waals surface area contributed by atoms with Crippen LogP contribution >= 0.6 is 15.9 Å². The Hall–Kier alpha value is -2.48. The topological polar surface area (TPSA) is 89.7 Å². The van der Waals surface area contributed by atoms with Crippen molar-refractivity contribution >= 4 is 27.6 Å². The molecule has 0 heterocycles. The molecule has 2 aromatic carbocycles. The summed E-state index contributed by atoms with van der Waals surface area (Å²) in [4.78, 5) is 21.0. The molecule has 0 aliphatic rings. The number of carboxylic acid groups (broad SMARTS) is 1. The van der Waals surface area contributed by atoms with Crippen LogP contribution in [0.4, 0.5) is 10.1 Å². The van der Waals surface area contributed by atoms with Crippen LogP contribution < -0.4 is 4.74 Å². The molecule has 2 rings (SSSR count). The van der Waals surface area contributed by atoms with E-state index in [9.17, 15) is 19.3 Å². The molecule has 108 valence electrons. The van der Waals surface area contributed by atoms with Crippen LogP contribution in [0.15, 0.2) is 40.9 Å². The predicted octanol–water partition coefficient (Wildman–Crippen LogP) is 3.99. The number of hydrogen-bond acceptors (Lipinski definition) is 4. The van der Waals surface area contributed by atoms with Gasteiger partial charge in [-0.25, -0.2) is 9.18 Å². The van der Waals surface area contributed by atoms with E-state index < -0.39 is 22.4 Å². The molecule has 6 nitrogen and oxygen atoms in total. The maximum Gasteiger partial charge on any atom is 0.335 e. The van der Waals surface area contributed by atoms with E-state index in [0.29, 0.717) is 0 Å². The Kier molecular flexibility index (Phi) is 4.18. The third kappa shape index (κ3) is 3.34. The van der Waals surface area contributed by atoms with Gasteiger partial charge in [0.25, 0.3) is 0 Å². The number of carbonyl (C=O) groups is 1. The maximum atomic E-state index is 13.2. The van der Waals surface area contributed by atoms with Crippen LogP contribution in [-0.4, -0.2) is 16.0 Å².